The molecule has 4 nitrogen and oxygen atoms in total. The predicted octanol–water partition coefficient (Wildman–Crippen LogP) is 1.21. The average molecular weight is 268 g/mol. The van der Waals surface area contributed by atoms with Gasteiger partial charge in [-0.3, -0.25) is 4.79 Å². The third-order valence-corrected chi connectivity index (χ3v) is 3.08. The highest BCUT2D eigenvalue weighted by Gasteiger charge is 2.38. The molecular weight excluding hydrogens is 249 g/mol. The molecule has 1 saturated heterocycles. The molecule has 0 radical (unpaired) electrons. The van der Waals surface area contributed by atoms with E-state index in [2.05, 4.69) is 15.4 Å². The van der Waals surface area contributed by atoms with E-state index < -0.39 is 18.3 Å². The molecule has 1 heterocycles. The van der Waals surface area contributed by atoms with Gasteiger partial charge in [0.15, 0.2) is 0 Å². The Bertz CT molecular complexity index is 276. The van der Waals surface area contributed by atoms with E-state index in [0.29, 0.717) is 6.42 Å². The summed E-state index contributed by atoms with van der Waals surface area (Å²) in [6, 6.07) is 0. The van der Waals surface area contributed by atoms with Gasteiger partial charge >= 0.3 is 6.18 Å². The minimum Gasteiger partial charge on any atom is -0.370 e. The summed E-state index contributed by atoms with van der Waals surface area (Å²) in [6.07, 6.45) is -1.95. The van der Waals surface area contributed by atoms with Crippen molar-refractivity contribution in [2.45, 2.75) is 37.9 Å². The predicted molar refractivity (Wildman–Crippen MR) is 60.1 cm³/mol. The molecule has 1 amide bonds. The van der Waals surface area contributed by atoms with Crippen LogP contribution in [0, 0.1) is 0 Å². The van der Waals surface area contributed by atoms with E-state index in [1.165, 1.54) is 0 Å². The summed E-state index contributed by atoms with van der Waals surface area (Å²) in [4.78, 5) is 11.9. The van der Waals surface area contributed by atoms with Crippen LogP contribution in [0.4, 0.5) is 13.2 Å². The molecule has 1 fully saturated rings. The standard InChI is InChI=1S/C11H19F3N2O2/c1-2-10(4-3-5-16-10)9(17)15-6-7-18-8-11(12,13)14/h16H,2-8H2,1H3,(H,15,17). The number of rotatable bonds is 6. The molecule has 1 aliphatic heterocycles. The molecular formula is C11H19F3N2O2. The van der Waals surface area contributed by atoms with E-state index >= 15 is 0 Å². The van der Waals surface area contributed by atoms with Gasteiger partial charge in [0.05, 0.1) is 12.1 Å². The second-order valence-electron chi connectivity index (χ2n) is 4.39. The summed E-state index contributed by atoms with van der Waals surface area (Å²) < 4.78 is 39.8. The van der Waals surface area contributed by atoms with Crippen LogP contribution in [0.1, 0.15) is 26.2 Å². The van der Waals surface area contributed by atoms with Gasteiger partial charge in [-0.15, -0.1) is 0 Å². The van der Waals surface area contributed by atoms with Crippen molar-refractivity contribution in [2.24, 2.45) is 0 Å². The summed E-state index contributed by atoms with van der Waals surface area (Å²) in [7, 11) is 0. The van der Waals surface area contributed by atoms with Crippen LogP contribution in [0.15, 0.2) is 0 Å². The third kappa shape index (κ3) is 4.45. The van der Waals surface area contributed by atoms with Gasteiger partial charge < -0.3 is 15.4 Å². The third-order valence-electron chi connectivity index (χ3n) is 3.08. The Hall–Kier alpha value is -0.820. The molecule has 106 valence electrons. The quantitative estimate of drug-likeness (QED) is 0.712. The Morgan fingerprint density at radius 1 is 1.50 bits per heavy atom. The van der Waals surface area contributed by atoms with Gasteiger partial charge in [-0.2, -0.15) is 13.2 Å². The van der Waals surface area contributed by atoms with Crippen molar-refractivity contribution in [3.05, 3.63) is 0 Å². The minimum absolute atomic E-state index is 0.0956. The largest absolute Gasteiger partial charge is 0.411 e. The smallest absolute Gasteiger partial charge is 0.370 e. The normalized spacial score (nSPS) is 24.2. The van der Waals surface area contributed by atoms with Crippen LogP contribution >= 0.6 is 0 Å². The van der Waals surface area contributed by atoms with Gasteiger partial charge in [0.1, 0.15) is 6.61 Å². The fourth-order valence-electron chi connectivity index (χ4n) is 2.06. The molecule has 18 heavy (non-hydrogen) atoms. The highest BCUT2D eigenvalue weighted by molar-refractivity contribution is 5.86. The molecule has 0 spiro atoms. The van der Waals surface area contributed by atoms with Crippen LogP contribution in [0.25, 0.3) is 0 Å². The number of ether oxygens (including phenoxy) is 1. The van der Waals surface area contributed by atoms with Crippen molar-refractivity contribution in [2.75, 3.05) is 26.3 Å². The van der Waals surface area contributed by atoms with Crippen molar-refractivity contribution < 1.29 is 22.7 Å². The van der Waals surface area contributed by atoms with E-state index in [4.69, 9.17) is 0 Å². The van der Waals surface area contributed by atoms with Crippen molar-refractivity contribution in [1.29, 1.82) is 0 Å². The maximum absolute atomic E-state index is 11.9. The molecule has 0 bridgehead atoms. The first-order valence-electron chi connectivity index (χ1n) is 6.07. The van der Waals surface area contributed by atoms with E-state index in [1.54, 1.807) is 0 Å². The van der Waals surface area contributed by atoms with Gasteiger partial charge in [0.2, 0.25) is 5.91 Å². The molecule has 2 N–H and O–H groups in total. The first kappa shape index (κ1) is 15.2. The average Bonchev–Trinajstić information content (AvgIpc) is 2.76. The Kier molecular flexibility index (Phi) is 5.40. The van der Waals surface area contributed by atoms with Gasteiger partial charge in [-0.1, -0.05) is 6.92 Å². The second-order valence-corrected chi connectivity index (χ2v) is 4.39. The first-order chi connectivity index (χ1) is 8.40. The molecule has 0 aromatic rings. The Morgan fingerprint density at radius 2 is 2.22 bits per heavy atom. The number of hydrogen-bond acceptors (Lipinski definition) is 3. The topological polar surface area (TPSA) is 50.4 Å². The van der Waals surface area contributed by atoms with Crippen LogP contribution < -0.4 is 10.6 Å². The maximum Gasteiger partial charge on any atom is 0.411 e. The zero-order valence-corrected chi connectivity index (χ0v) is 10.4. The lowest BCUT2D eigenvalue weighted by Gasteiger charge is -2.26. The SMILES string of the molecule is CCC1(C(=O)NCCOCC(F)(F)F)CCCN1. The second kappa shape index (κ2) is 6.38. The zero-order chi connectivity index (χ0) is 13.6. The summed E-state index contributed by atoms with van der Waals surface area (Å²) >= 11 is 0. The van der Waals surface area contributed by atoms with Crippen LogP contribution in [0.2, 0.25) is 0 Å². The van der Waals surface area contributed by atoms with E-state index in [1.807, 2.05) is 6.92 Å². The molecule has 1 atom stereocenters. The maximum atomic E-state index is 11.9. The van der Waals surface area contributed by atoms with E-state index in [-0.39, 0.29) is 19.1 Å². The summed E-state index contributed by atoms with van der Waals surface area (Å²) in [5.41, 5.74) is -0.552. The Morgan fingerprint density at radius 3 is 2.72 bits per heavy atom. The number of nitrogens with one attached hydrogen (secondary N) is 2. The van der Waals surface area contributed by atoms with Gasteiger partial charge in [0, 0.05) is 6.54 Å². The first-order valence-corrected chi connectivity index (χ1v) is 6.07. The summed E-state index contributed by atoms with van der Waals surface area (Å²) in [5, 5.41) is 5.76. The number of carbonyl (C=O) groups is 1. The van der Waals surface area contributed by atoms with Crippen LogP contribution in [-0.4, -0.2) is 43.9 Å². The van der Waals surface area contributed by atoms with Gasteiger partial charge in [-0.05, 0) is 25.8 Å². The van der Waals surface area contributed by atoms with Crippen LogP contribution in [0.5, 0.6) is 0 Å². The Balaban J connectivity index is 2.21. The van der Waals surface area contributed by atoms with Crippen molar-refractivity contribution in [3.63, 3.8) is 0 Å². The molecule has 7 heteroatoms. The molecule has 0 aromatic heterocycles. The lowest BCUT2D eigenvalue weighted by molar-refractivity contribution is -0.173. The van der Waals surface area contributed by atoms with Crippen LogP contribution in [0.3, 0.4) is 0 Å². The highest BCUT2D eigenvalue weighted by Crippen LogP contribution is 2.22. The number of carbonyl (C=O) groups excluding carboxylic acids is 1. The molecule has 1 rings (SSSR count). The fourth-order valence-corrected chi connectivity index (χ4v) is 2.06. The lowest BCUT2D eigenvalue weighted by Crippen LogP contribution is -2.53. The molecule has 1 aliphatic rings. The molecule has 1 unspecified atom stereocenters. The summed E-state index contributed by atoms with van der Waals surface area (Å²) in [5.74, 6) is -0.155. The van der Waals surface area contributed by atoms with Crippen molar-refractivity contribution in [3.8, 4) is 0 Å². The zero-order valence-electron chi connectivity index (χ0n) is 10.4. The van der Waals surface area contributed by atoms with Gasteiger partial charge in [-0.25, -0.2) is 0 Å². The Labute approximate surface area is 104 Å². The monoisotopic (exact) mass is 268 g/mol. The van der Waals surface area contributed by atoms with Crippen LogP contribution in [-0.2, 0) is 9.53 Å². The number of amides is 1. The number of hydrogen-bond donors (Lipinski definition) is 2. The molecule has 0 aromatic carbocycles. The van der Waals surface area contributed by atoms with E-state index in [0.717, 1.165) is 19.4 Å². The van der Waals surface area contributed by atoms with Crippen molar-refractivity contribution in [1.82, 2.24) is 10.6 Å². The number of alkyl halides is 3. The molecule has 0 aliphatic carbocycles. The molecule has 0 saturated carbocycles. The highest BCUT2D eigenvalue weighted by atomic mass is 19.4. The van der Waals surface area contributed by atoms with Crippen molar-refractivity contribution >= 4 is 5.91 Å². The summed E-state index contributed by atoms with van der Waals surface area (Å²) in [6.45, 7) is 1.40. The lowest BCUT2D eigenvalue weighted by atomic mass is 9.93. The fraction of sp³-hybridized carbons (Fsp3) is 0.909. The van der Waals surface area contributed by atoms with Gasteiger partial charge in [0.25, 0.3) is 0 Å². The van der Waals surface area contributed by atoms with E-state index in [9.17, 15) is 18.0 Å². The number of halogens is 3. The minimum atomic E-state index is -4.32.